The molecular weight excluding hydrogens is 409 g/mol. The van der Waals surface area contributed by atoms with Gasteiger partial charge in [0.25, 0.3) is 5.91 Å². The van der Waals surface area contributed by atoms with Crippen LogP contribution in [-0.4, -0.2) is 51.7 Å². The minimum atomic E-state index is -0.755. The Hall–Kier alpha value is -3.99. The number of hydrogen-bond acceptors (Lipinski definition) is 6. The predicted molar refractivity (Wildman–Crippen MR) is 106 cm³/mol. The van der Waals surface area contributed by atoms with Gasteiger partial charge in [-0.25, -0.2) is 19.6 Å². The maximum atomic E-state index is 14.9. The first kappa shape index (κ1) is 20.3. The van der Waals surface area contributed by atoms with Crippen LogP contribution in [0.3, 0.4) is 0 Å². The molecule has 1 fully saturated rings. The molecule has 0 spiro atoms. The third kappa shape index (κ3) is 4.03. The number of imidazole rings is 1. The van der Waals surface area contributed by atoms with Crippen molar-refractivity contribution in [2.24, 2.45) is 0 Å². The van der Waals surface area contributed by atoms with Crippen molar-refractivity contribution in [2.45, 2.75) is 13.0 Å². The highest BCUT2D eigenvalue weighted by atomic mass is 19.1. The molecule has 3 aromatic rings. The van der Waals surface area contributed by atoms with E-state index in [0.717, 1.165) is 0 Å². The fourth-order valence-corrected chi connectivity index (χ4v) is 3.32. The molecule has 1 saturated heterocycles. The Labute approximate surface area is 175 Å². The second-order valence-electron chi connectivity index (χ2n) is 6.97. The van der Waals surface area contributed by atoms with Crippen molar-refractivity contribution in [3.63, 3.8) is 0 Å². The van der Waals surface area contributed by atoms with Gasteiger partial charge in [-0.2, -0.15) is 0 Å². The molecule has 0 unspecified atom stereocenters. The number of carbonyl (C=O) groups excluding carboxylic acids is 3. The number of nitrogens with one attached hydrogen (secondary N) is 2. The van der Waals surface area contributed by atoms with Crippen LogP contribution in [0.25, 0.3) is 16.8 Å². The van der Waals surface area contributed by atoms with Gasteiger partial charge in [-0.15, -0.1) is 0 Å². The summed E-state index contributed by atoms with van der Waals surface area (Å²) in [5.74, 6) is -1.54. The second kappa shape index (κ2) is 8.03. The zero-order valence-corrected chi connectivity index (χ0v) is 16.3. The number of rotatable bonds is 5. The lowest BCUT2D eigenvalue weighted by molar-refractivity contribution is -0.119. The average Bonchev–Trinajstić information content (AvgIpc) is 3.34. The van der Waals surface area contributed by atoms with E-state index in [2.05, 4.69) is 10.3 Å². The predicted octanol–water partition coefficient (Wildman–Crippen LogP) is 1.72. The van der Waals surface area contributed by atoms with E-state index in [4.69, 9.17) is 9.94 Å². The molecule has 0 radical (unpaired) electrons. The van der Waals surface area contributed by atoms with E-state index in [9.17, 15) is 18.8 Å². The number of pyridine rings is 1. The molecule has 3 amide bonds. The maximum absolute atomic E-state index is 14.9. The van der Waals surface area contributed by atoms with Crippen LogP contribution in [0.4, 0.5) is 14.9 Å². The Bertz CT molecular complexity index is 1190. The number of hydrogen-bond donors (Lipinski definition) is 3. The monoisotopic (exact) mass is 427 g/mol. The third-order valence-electron chi connectivity index (χ3n) is 4.81. The van der Waals surface area contributed by atoms with Crippen molar-refractivity contribution in [1.82, 2.24) is 20.2 Å². The van der Waals surface area contributed by atoms with Crippen molar-refractivity contribution in [1.29, 1.82) is 0 Å². The fourth-order valence-electron chi connectivity index (χ4n) is 3.32. The summed E-state index contributed by atoms with van der Waals surface area (Å²) in [5.41, 5.74) is 3.12. The molecule has 2 aromatic heterocycles. The summed E-state index contributed by atoms with van der Waals surface area (Å²) in [6.07, 6.45) is 1.87. The zero-order valence-electron chi connectivity index (χ0n) is 16.3. The third-order valence-corrected chi connectivity index (χ3v) is 4.81. The number of cyclic esters (lactones) is 1. The summed E-state index contributed by atoms with van der Waals surface area (Å²) >= 11 is 0. The van der Waals surface area contributed by atoms with Crippen molar-refractivity contribution in [2.75, 3.05) is 18.0 Å². The molecule has 1 aromatic carbocycles. The van der Waals surface area contributed by atoms with E-state index in [-0.39, 0.29) is 30.3 Å². The standard InChI is InChI=1S/C20H18FN5O5/c1-11(27)22-7-14-9-26(20(29)31-14)13-3-4-15(16(21)6-13)12-2-5-18-23-17(19(28)24-30)10-25(18)8-12/h2-6,8,10,14,30H,7,9H2,1H3,(H,22,27)(H,24,28)/t14-/m0/s1. The number of amides is 3. The molecule has 1 aliphatic rings. The van der Waals surface area contributed by atoms with E-state index in [1.165, 1.54) is 34.0 Å². The van der Waals surface area contributed by atoms with Gasteiger partial charge in [0.05, 0.1) is 18.8 Å². The van der Waals surface area contributed by atoms with E-state index in [1.807, 2.05) is 0 Å². The molecule has 4 rings (SSSR count). The number of halogens is 1. The summed E-state index contributed by atoms with van der Waals surface area (Å²) in [6.45, 7) is 1.74. The average molecular weight is 427 g/mol. The van der Waals surface area contributed by atoms with Gasteiger partial charge in [-0.3, -0.25) is 19.7 Å². The molecule has 10 nitrogen and oxygen atoms in total. The van der Waals surface area contributed by atoms with E-state index >= 15 is 0 Å². The summed E-state index contributed by atoms with van der Waals surface area (Å²) in [6, 6.07) is 7.64. The van der Waals surface area contributed by atoms with Crippen LogP contribution in [0.5, 0.6) is 0 Å². The van der Waals surface area contributed by atoms with Crippen LogP contribution in [0.1, 0.15) is 17.4 Å². The topological polar surface area (TPSA) is 125 Å². The van der Waals surface area contributed by atoms with Gasteiger partial charge in [0.15, 0.2) is 0 Å². The van der Waals surface area contributed by atoms with Gasteiger partial charge < -0.3 is 14.5 Å². The number of carbonyl (C=O) groups is 3. The molecule has 11 heteroatoms. The lowest BCUT2D eigenvalue weighted by atomic mass is 10.1. The van der Waals surface area contributed by atoms with E-state index in [0.29, 0.717) is 16.9 Å². The van der Waals surface area contributed by atoms with Gasteiger partial charge in [0.1, 0.15) is 23.3 Å². The fraction of sp³-hybridized carbons (Fsp3) is 0.200. The minimum Gasteiger partial charge on any atom is -0.442 e. The van der Waals surface area contributed by atoms with Gasteiger partial charge >= 0.3 is 6.09 Å². The molecule has 1 aliphatic heterocycles. The number of benzene rings is 1. The Kier molecular flexibility index (Phi) is 5.26. The first-order valence-corrected chi connectivity index (χ1v) is 9.31. The molecular formula is C20H18FN5O5. The van der Waals surface area contributed by atoms with Gasteiger partial charge in [-0.1, -0.05) is 0 Å². The summed E-state index contributed by atoms with van der Waals surface area (Å²) in [5, 5.41) is 11.3. The molecule has 3 N–H and O–H groups in total. The van der Waals surface area contributed by atoms with Gasteiger partial charge in [0, 0.05) is 30.4 Å². The van der Waals surface area contributed by atoms with Crippen molar-refractivity contribution >= 4 is 29.2 Å². The molecule has 160 valence electrons. The Morgan fingerprint density at radius 3 is 2.81 bits per heavy atom. The Morgan fingerprint density at radius 1 is 1.29 bits per heavy atom. The van der Waals surface area contributed by atoms with Crippen LogP contribution in [0, 0.1) is 5.82 Å². The van der Waals surface area contributed by atoms with Gasteiger partial charge in [-0.05, 0) is 30.3 Å². The summed E-state index contributed by atoms with van der Waals surface area (Å²) in [4.78, 5) is 40.0. The van der Waals surface area contributed by atoms with Crippen molar-refractivity contribution < 1.29 is 28.7 Å². The number of aromatic nitrogens is 2. The number of nitrogens with zero attached hydrogens (tertiary/aromatic N) is 3. The van der Waals surface area contributed by atoms with Crippen LogP contribution in [0.2, 0.25) is 0 Å². The molecule has 3 heterocycles. The smallest absolute Gasteiger partial charge is 0.414 e. The SMILES string of the molecule is CC(=O)NC[C@H]1CN(c2ccc(-c3ccc4nc(C(=O)NO)cn4c3)c(F)c2)C(=O)O1. The lowest BCUT2D eigenvalue weighted by Gasteiger charge is -2.14. The molecule has 0 saturated carbocycles. The second-order valence-corrected chi connectivity index (χ2v) is 6.97. The van der Waals surface area contributed by atoms with E-state index in [1.54, 1.807) is 30.5 Å². The number of anilines is 1. The normalized spacial score (nSPS) is 15.8. The highest BCUT2D eigenvalue weighted by molar-refractivity contribution is 5.92. The van der Waals surface area contributed by atoms with Crippen LogP contribution in [-0.2, 0) is 9.53 Å². The van der Waals surface area contributed by atoms with Gasteiger partial charge in [0.2, 0.25) is 5.91 Å². The minimum absolute atomic E-state index is 0.0110. The van der Waals surface area contributed by atoms with Crippen LogP contribution < -0.4 is 15.7 Å². The maximum Gasteiger partial charge on any atom is 0.414 e. The Balaban J connectivity index is 1.57. The summed E-state index contributed by atoms with van der Waals surface area (Å²) in [7, 11) is 0. The first-order chi connectivity index (χ1) is 14.9. The highest BCUT2D eigenvalue weighted by Crippen LogP contribution is 2.29. The number of ether oxygens (including phenoxy) is 1. The first-order valence-electron chi connectivity index (χ1n) is 9.31. The van der Waals surface area contributed by atoms with Crippen LogP contribution >= 0.6 is 0 Å². The summed E-state index contributed by atoms with van der Waals surface area (Å²) < 4.78 is 21.6. The lowest BCUT2D eigenvalue weighted by Crippen LogP contribution is -2.33. The molecule has 31 heavy (non-hydrogen) atoms. The highest BCUT2D eigenvalue weighted by Gasteiger charge is 2.32. The molecule has 0 bridgehead atoms. The van der Waals surface area contributed by atoms with Crippen LogP contribution in [0.15, 0.2) is 42.7 Å². The zero-order chi connectivity index (χ0) is 22.1. The largest absolute Gasteiger partial charge is 0.442 e. The molecule has 0 aliphatic carbocycles. The van der Waals surface area contributed by atoms with Crippen molar-refractivity contribution in [3.05, 3.63) is 54.2 Å². The Morgan fingerprint density at radius 2 is 2.10 bits per heavy atom. The quantitative estimate of drug-likeness (QED) is 0.421. The van der Waals surface area contributed by atoms with E-state index < -0.39 is 23.9 Å². The number of fused-ring (bicyclic) bond motifs is 1. The number of hydroxylamine groups is 1. The molecule has 1 atom stereocenters. The van der Waals surface area contributed by atoms with Crippen molar-refractivity contribution in [3.8, 4) is 11.1 Å².